The number of rotatable bonds is 5. The van der Waals surface area contributed by atoms with E-state index in [0.717, 1.165) is 18.5 Å². The number of aryl methyl sites for hydroxylation is 1. The number of amides is 1. The topological polar surface area (TPSA) is 85.2 Å². The van der Waals surface area contributed by atoms with Gasteiger partial charge < -0.3 is 15.0 Å². The van der Waals surface area contributed by atoms with Crippen LogP contribution in [0.4, 0.5) is 5.95 Å². The molecule has 2 aromatic rings. The van der Waals surface area contributed by atoms with Crippen molar-refractivity contribution in [1.82, 2.24) is 24.6 Å². The van der Waals surface area contributed by atoms with Gasteiger partial charge in [0.15, 0.2) is 0 Å². The van der Waals surface area contributed by atoms with Crippen molar-refractivity contribution in [2.75, 3.05) is 12.4 Å². The number of aromatic nitrogens is 4. The van der Waals surface area contributed by atoms with Crippen LogP contribution in [0.2, 0.25) is 0 Å². The molecule has 0 radical (unpaired) electrons. The summed E-state index contributed by atoms with van der Waals surface area (Å²) in [7, 11) is 3.47. The van der Waals surface area contributed by atoms with Crippen LogP contribution in [0.15, 0.2) is 24.5 Å². The van der Waals surface area contributed by atoms with Crippen molar-refractivity contribution in [3.63, 3.8) is 0 Å². The third-order valence-corrected chi connectivity index (χ3v) is 4.62. The lowest BCUT2D eigenvalue weighted by molar-refractivity contribution is -0.129. The Morgan fingerprint density at radius 3 is 2.79 bits per heavy atom. The molecule has 8 nitrogen and oxygen atoms in total. The smallest absolute Gasteiger partial charge is 0.226 e. The highest BCUT2D eigenvalue weighted by Crippen LogP contribution is 2.42. The lowest BCUT2D eigenvalue weighted by atomic mass is 10.1. The summed E-state index contributed by atoms with van der Waals surface area (Å²) >= 11 is 0. The average molecular weight is 328 g/mol. The van der Waals surface area contributed by atoms with Gasteiger partial charge in [-0.15, -0.1) is 0 Å². The second-order valence-electron chi connectivity index (χ2n) is 6.23. The summed E-state index contributed by atoms with van der Waals surface area (Å²) in [6, 6.07) is 3.85. The van der Waals surface area contributed by atoms with Crippen LogP contribution >= 0.6 is 0 Å². The molecule has 0 bridgehead atoms. The first-order valence-electron chi connectivity index (χ1n) is 8.10. The van der Waals surface area contributed by atoms with Crippen LogP contribution in [0.3, 0.4) is 0 Å². The third kappa shape index (κ3) is 2.57. The zero-order chi connectivity index (χ0) is 16.7. The fourth-order valence-electron chi connectivity index (χ4n) is 3.38. The highest BCUT2D eigenvalue weighted by molar-refractivity contribution is 5.81. The number of carbonyl (C=O) groups excluding carboxylic acids is 1. The summed E-state index contributed by atoms with van der Waals surface area (Å²) < 4.78 is 6.98. The molecular weight excluding hydrogens is 308 g/mol. The monoisotopic (exact) mass is 328 g/mol. The molecule has 0 aromatic carbocycles. The maximum absolute atomic E-state index is 12.6. The van der Waals surface area contributed by atoms with Gasteiger partial charge >= 0.3 is 0 Å². The molecule has 1 N–H and O–H groups in total. The summed E-state index contributed by atoms with van der Waals surface area (Å²) in [6.07, 6.45) is 5.98. The molecule has 24 heavy (non-hydrogen) atoms. The highest BCUT2D eigenvalue weighted by atomic mass is 16.5. The van der Waals surface area contributed by atoms with Gasteiger partial charge in [-0.1, -0.05) is 0 Å². The number of hydrogen-bond donors (Lipinski definition) is 1. The zero-order valence-electron chi connectivity index (χ0n) is 13.7. The largest absolute Gasteiger partial charge is 0.481 e. The molecule has 2 aliphatic rings. The molecule has 1 saturated heterocycles. The minimum absolute atomic E-state index is 0.0627. The lowest BCUT2D eigenvalue weighted by Crippen LogP contribution is -2.35. The maximum atomic E-state index is 12.6. The van der Waals surface area contributed by atoms with Crippen molar-refractivity contribution < 1.29 is 9.53 Å². The number of methoxy groups -OCH3 is 1. The van der Waals surface area contributed by atoms with E-state index in [2.05, 4.69) is 20.4 Å². The van der Waals surface area contributed by atoms with Crippen molar-refractivity contribution in [2.24, 2.45) is 7.05 Å². The first-order valence-corrected chi connectivity index (χ1v) is 8.10. The molecular formula is C16H20N6O2. The van der Waals surface area contributed by atoms with Crippen LogP contribution in [0, 0.1) is 0 Å². The van der Waals surface area contributed by atoms with Crippen molar-refractivity contribution in [2.45, 2.75) is 37.4 Å². The van der Waals surface area contributed by atoms with Gasteiger partial charge in [-0.2, -0.15) is 10.1 Å². The Kier molecular flexibility index (Phi) is 3.59. The molecule has 2 aromatic heterocycles. The van der Waals surface area contributed by atoms with Crippen LogP contribution in [-0.4, -0.2) is 49.7 Å². The predicted octanol–water partition coefficient (Wildman–Crippen LogP) is 1.14. The van der Waals surface area contributed by atoms with Crippen LogP contribution < -0.4 is 10.1 Å². The number of ether oxygens (including phenoxy) is 1. The van der Waals surface area contributed by atoms with E-state index in [0.29, 0.717) is 24.3 Å². The third-order valence-electron chi connectivity index (χ3n) is 4.62. The number of hydrogen-bond acceptors (Lipinski definition) is 6. The van der Waals surface area contributed by atoms with Crippen molar-refractivity contribution >= 4 is 11.9 Å². The Hall–Kier alpha value is -2.64. The Balaban J connectivity index is 1.65. The molecule has 1 aliphatic heterocycles. The summed E-state index contributed by atoms with van der Waals surface area (Å²) in [4.78, 5) is 23.1. The quantitative estimate of drug-likeness (QED) is 0.886. The van der Waals surface area contributed by atoms with E-state index >= 15 is 0 Å². The Morgan fingerprint density at radius 1 is 1.29 bits per heavy atom. The van der Waals surface area contributed by atoms with Gasteiger partial charge in [0, 0.05) is 38.0 Å². The van der Waals surface area contributed by atoms with Gasteiger partial charge in [0.2, 0.25) is 17.7 Å². The van der Waals surface area contributed by atoms with Crippen molar-refractivity contribution in [3.05, 3.63) is 30.2 Å². The van der Waals surface area contributed by atoms with Gasteiger partial charge in [0.05, 0.1) is 24.9 Å². The minimum Gasteiger partial charge on any atom is -0.481 e. The van der Waals surface area contributed by atoms with E-state index in [1.807, 2.05) is 22.7 Å². The van der Waals surface area contributed by atoms with Crippen LogP contribution in [0.25, 0.3) is 0 Å². The summed E-state index contributed by atoms with van der Waals surface area (Å²) in [5, 5.41) is 7.59. The molecule has 2 fully saturated rings. The second kappa shape index (κ2) is 5.77. The van der Waals surface area contributed by atoms with Crippen LogP contribution in [-0.2, 0) is 11.8 Å². The van der Waals surface area contributed by atoms with Crippen molar-refractivity contribution in [3.8, 4) is 5.88 Å². The molecule has 126 valence electrons. The van der Waals surface area contributed by atoms with Crippen LogP contribution in [0.5, 0.6) is 5.88 Å². The molecule has 0 spiro atoms. The molecule has 1 aliphatic carbocycles. The summed E-state index contributed by atoms with van der Waals surface area (Å²) in [5.74, 6) is 1.13. The first kappa shape index (κ1) is 14.9. The average Bonchev–Trinajstić information content (AvgIpc) is 3.25. The molecule has 2 atom stereocenters. The molecule has 1 saturated carbocycles. The van der Waals surface area contributed by atoms with Gasteiger partial charge in [-0.05, 0) is 18.9 Å². The summed E-state index contributed by atoms with van der Waals surface area (Å²) in [6.45, 7) is 0. The zero-order valence-corrected chi connectivity index (χ0v) is 13.7. The maximum Gasteiger partial charge on any atom is 0.226 e. The predicted molar refractivity (Wildman–Crippen MR) is 86.4 cm³/mol. The van der Waals surface area contributed by atoms with Gasteiger partial charge in [-0.3, -0.25) is 9.48 Å². The molecule has 1 amide bonds. The van der Waals surface area contributed by atoms with Gasteiger partial charge in [0.1, 0.15) is 0 Å². The van der Waals surface area contributed by atoms with Gasteiger partial charge in [-0.25, -0.2) is 4.98 Å². The second-order valence-corrected chi connectivity index (χ2v) is 6.23. The van der Waals surface area contributed by atoms with Crippen molar-refractivity contribution in [1.29, 1.82) is 0 Å². The first-order chi connectivity index (χ1) is 11.7. The number of nitrogens with one attached hydrogen (secondary N) is 1. The van der Waals surface area contributed by atoms with E-state index in [1.165, 1.54) is 0 Å². The van der Waals surface area contributed by atoms with E-state index in [9.17, 15) is 4.79 Å². The SMILES string of the molecule is COc1ccnc(N[C@@H]2CC(=O)N(C3CC3)[C@H]2c2ccnn2C)n1. The van der Waals surface area contributed by atoms with E-state index < -0.39 is 0 Å². The van der Waals surface area contributed by atoms with Crippen LogP contribution in [0.1, 0.15) is 31.0 Å². The lowest BCUT2D eigenvalue weighted by Gasteiger charge is -2.28. The molecule has 3 heterocycles. The van der Waals surface area contributed by atoms with E-state index in [1.54, 1.807) is 25.6 Å². The molecule has 8 heteroatoms. The molecule has 0 unspecified atom stereocenters. The van der Waals surface area contributed by atoms with E-state index in [-0.39, 0.29) is 18.0 Å². The fourth-order valence-corrected chi connectivity index (χ4v) is 3.38. The number of nitrogens with zero attached hydrogens (tertiary/aromatic N) is 5. The number of carbonyl (C=O) groups is 1. The Morgan fingerprint density at radius 2 is 2.12 bits per heavy atom. The normalized spacial score (nSPS) is 23.6. The van der Waals surface area contributed by atoms with Gasteiger partial charge in [0.25, 0.3) is 0 Å². The minimum atomic E-state index is -0.0967. The Labute approximate surface area is 139 Å². The number of likely N-dealkylation sites (tertiary alicyclic amines) is 1. The molecule has 4 rings (SSSR count). The van der Waals surface area contributed by atoms with E-state index in [4.69, 9.17) is 4.74 Å². The number of anilines is 1. The summed E-state index contributed by atoms with van der Waals surface area (Å²) in [5.41, 5.74) is 1.02. The fraction of sp³-hybridized carbons (Fsp3) is 0.500. The highest BCUT2D eigenvalue weighted by Gasteiger charge is 2.48. The Bertz CT molecular complexity index is 757. The standard InChI is InChI=1S/C16H20N6O2/c1-21-12(5-8-18-21)15-11(9-14(23)22(15)10-3-4-10)19-16-17-7-6-13(20-16)24-2/h5-8,10-11,15H,3-4,9H2,1-2H3,(H,17,19,20)/t11-,15-/m1/s1.